The van der Waals surface area contributed by atoms with Crippen LogP contribution >= 0.6 is 11.8 Å². The number of rotatable bonds is 7. The zero-order valence-electron chi connectivity index (χ0n) is 14.7. The van der Waals surface area contributed by atoms with Crippen LogP contribution in [0.3, 0.4) is 0 Å². The molecule has 1 aliphatic heterocycles. The number of nitrogens with zero attached hydrogens (tertiary/aromatic N) is 1. The summed E-state index contributed by atoms with van der Waals surface area (Å²) in [7, 11) is 1.83. The van der Waals surface area contributed by atoms with Crippen LogP contribution in [0, 0.1) is 0 Å². The second-order valence-corrected chi connectivity index (χ2v) is 7.21. The first-order valence-corrected chi connectivity index (χ1v) is 9.29. The molecular formula is C19H20F2N2O3S. The maximum atomic E-state index is 12.3. The highest BCUT2D eigenvalue weighted by Crippen LogP contribution is 2.31. The zero-order chi connectivity index (χ0) is 19.2. The molecule has 1 aliphatic rings. The van der Waals surface area contributed by atoms with Gasteiger partial charge in [0.2, 0.25) is 5.91 Å². The summed E-state index contributed by atoms with van der Waals surface area (Å²) in [4.78, 5) is 14.5. The lowest BCUT2D eigenvalue weighted by molar-refractivity contribution is -0.117. The lowest BCUT2D eigenvalue weighted by Crippen LogP contribution is -2.42. The van der Waals surface area contributed by atoms with E-state index in [-0.39, 0.29) is 18.6 Å². The Hall–Kier alpha value is -2.32. The first kappa shape index (κ1) is 19.4. The number of amides is 1. The number of anilines is 1. The minimum Gasteiger partial charge on any atom is -0.486 e. The van der Waals surface area contributed by atoms with Gasteiger partial charge in [-0.05, 0) is 43.4 Å². The molecule has 1 atom stereocenters. The third-order valence-electron chi connectivity index (χ3n) is 3.86. The number of para-hydroxylation sites is 2. The van der Waals surface area contributed by atoms with Gasteiger partial charge in [0.05, 0.1) is 6.54 Å². The van der Waals surface area contributed by atoms with Crippen molar-refractivity contribution < 1.29 is 23.0 Å². The molecule has 1 unspecified atom stereocenters. The minimum absolute atomic E-state index is 0.164. The summed E-state index contributed by atoms with van der Waals surface area (Å²) in [5.41, 5.74) is 0.568. The molecule has 0 aliphatic carbocycles. The van der Waals surface area contributed by atoms with Gasteiger partial charge >= 0.3 is 0 Å². The topological polar surface area (TPSA) is 50.8 Å². The SMILES string of the molecule is CN(CC(=O)Nc1ccc(SC(F)F)cc1)CC1COc2ccccc2O1. The third-order valence-corrected chi connectivity index (χ3v) is 4.58. The first-order valence-electron chi connectivity index (χ1n) is 8.41. The largest absolute Gasteiger partial charge is 0.486 e. The summed E-state index contributed by atoms with van der Waals surface area (Å²) in [6.07, 6.45) is -0.164. The Balaban J connectivity index is 1.45. The van der Waals surface area contributed by atoms with Gasteiger partial charge in [0.25, 0.3) is 5.76 Å². The molecule has 0 bridgehead atoms. The highest BCUT2D eigenvalue weighted by molar-refractivity contribution is 7.99. The van der Waals surface area contributed by atoms with Gasteiger partial charge in [-0.1, -0.05) is 23.9 Å². The quantitative estimate of drug-likeness (QED) is 0.726. The molecule has 1 amide bonds. The van der Waals surface area contributed by atoms with E-state index in [4.69, 9.17) is 9.47 Å². The van der Waals surface area contributed by atoms with Crippen molar-refractivity contribution in [1.29, 1.82) is 0 Å². The van der Waals surface area contributed by atoms with Crippen LogP contribution in [0.4, 0.5) is 14.5 Å². The van der Waals surface area contributed by atoms with Gasteiger partial charge in [-0.25, -0.2) is 0 Å². The van der Waals surface area contributed by atoms with Gasteiger partial charge in [0.1, 0.15) is 12.7 Å². The van der Waals surface area contributed by atoms with Gasteiger partial charge in [-0.15, -0.1) is 0 Å². The van der Waals surface area contributed by atoms with Crippen molar-refractivity contribution >= 4 is 23.4 Å². The minimum atomic E-state index is -2.46. The predicted molar refractivity (Wildman–Crippen MR) is 101 cm³/mol. The number of hydrogen-bond donors (Lipinski definition) is 1. The Bertz CT molecular complexity index is 774. The average molecular weight is 394 g/mol. The van der Waals surface area contributed by atoms with Crippen LogP contribution in [0.5, 0.6) is 11.5 Å². The average Bonchev–Trinajstić information content (AvgIpc) is 2.62. The number of alkyl halides is 2. The van der Waals surface area contributed by atoms with Crippen LogP contribution in [0.1, 0.15) is 0 Å². The van der Waals surface area contributed by atoms with E-state index < -0.39 is 5.76 Å². The molecule has 2 aromatic carbocycles. The van der Waals surface area contributed by atoms with Crippen molar-refractivity contribution in [1.82, 2.24) is 4.90 Å². The molecule has 0 saturated carbocycles. The predicted octanol–water partition coefficient (Wildman–Crippen LogP) is 3.71. The number of halogens is 2. The van der Waals surface area contributed by atoms with E-state index in [9.17, 15) is 13.6 Å². The van der Waals surface area contributed by atoms with Crippen LogP contribution in [-0.2, 0) is 4.79 Å². The molecular weight excluding hydrogens is 374 g/mol. The molecule has 0 radical (unpaired) electrons. The number of nitrogens with one attached hydrogen (secondary N) is 1. The van der Waals surface area contributed by atoms with E-state index in [1.54, 1.807) is 24.3 Å². The molecule has 8 heteroatoms. The number of fused-ring (bicyclic) bond motifs is 1. The Morgan fingerprint density at radius 3 is 2.63 bits per heavy atom. The van der Waals surface area contributed by atoms with Crippen LogP contribution in [0.15, 0.2) is 53.4 Å². The fourth-order valence-electron chi connectivity index (χ4n) is 2.73. The standard InChI is InChI=1S/C19H20F2N2O3S/c1-23(10-14-12-25-16-4-2-3-5-17(16)26-14)11-18(24)22-13-6-8-15(9-7-13)27-19(20)21/h2-9,14,19H,10-12H2,1H3,(H,22,24). The molecule has 0 aromatic heterocycles. The van der Waals surface area contributed by atoms with Gasteiger partial charge in [0.15, 0.2) is 11.5 Å². The maximum absolute atomic E-state index is 12.3. The maximum Gasteiger partial charge on any atom is 0.288 e. The van der Waals surface area contributed by atoms with E-state index in [2.05, 4.69) is 5.32 Å². The summed E-state index contributed by atoms with van der Waals surface area (Å²) < 4.78 is 36.2. The first-order chi connectivity index (χ1) is 13.0. The van der Waals surface area contributed by atoms with Gasteiger partial charge in [-0.2, -0.15) is 8.78 Å². The molecule has 1 heterocycles. The Kier molecular flexibility index (Phi) is 6.52. The van der Waals surface area contributed by atoms with Crippen molar-refractivity contribution in [3.05, 3.63) is 48.5 Å². The lowest BCUT2D eigenvalue weighted by atomic mass is 10.2. The summed E-state index contributed by atoms with van der Waals surface area (Å²) in [5, 5.41) is 2.76. The van der Waals surface area contributed by atoms with Crippen LogP contribution in [0.2, 0.25) is 0 Å². The second kappa shape index (κ2) is 9.05. The van der Waals surface area contributed by atoms with Crippen molar-refractivity contribution in [2.24, 2.45) is 0 Å². The molecule has 2 aromatic rings. The van der Waals surface area contributed by atoms with Crippen LogP contribution in [0.25, 0.3) is 0 Å². The van der Waals surface area contributed by atoms with E-state index in [0.29, 0.717) is 41.2 Å². The second-order valence-electron chi connectivity index (χ2n) is 6.15. The zero-order valence-corrected chi connectivity index (χ0v) is 15.5. The fraction of sp³-hybridized carbons (Fsp3) is 0.316. The summed E-state index contributed by atoms with van der Waals surface area (Å²) in [5.74, 6) is -1.23. The van der Waals surface area contributed by atoms with Crippen molar-refractivity contribution in [2.45, 2.75) is 16.8 Å². The number of carbonyl (C=O) groups excluding carboxylic acids is 1. The molecule has 1 N–H and O–H groups in total. The summed E-state index contributed by atoms with van der Waals surface area (Å²) in [6.45, 7) is 1.13. The third kappa shape index (κ3) is 5.83. The Labute approximate surface area is 160 Å². The normalized spacial score (nSPS) is 15.8. The summed E-state index contributed by atoms with van der Waals surface area (Å²) in [6, 6.07) is 13.8. The lowest BCUT2D eigenvalue weighted by Gasteiger charge is -2.29. The smallest absolute Gasteiger partial charge is 0.288 e. The Morgan fingerprint density at radius 1 is 1.22 bits per heavy atom. The molecule has 0 fully saturated rings. The molecule has 0 saturated heterocycles. The van der Waals surface area contributed by atoms with Crippen LogP contribution in [-0.4, -0.2) is 49.4 Å². The number of benzene rings is 2. The number of ether oxygens (including phenoxy) is 2. The van der Waals surface area contributed by atoms with Gasteiger partial charge < -0.3 is 14.8 Å². The highest BCUT2D eigenvalue weighted by Gasteiger charge is 2.22. The monoisotopic (exact) mass is 394 g/mol. The van der Waals surface area contributed by atoms with Gasteiger partial charge in [-0.3, -0.25) is 9.69 Å². The highest BCUT2D eigenvalue weighted by atomic mass is 32.2. The van der Waals surface area contributed by atoms with Crippen molar-refractivity contribution in [2.75, 3.05) is 32.1 Å². The fourth-order valence-corrected chi connectivity index (χ4v) is 3.23. The number of hydrogen-bond acceptors (Lipinski definition) is 5. The molecule has 27 heavy (non-hydrogen) atoms. The molecule has 5 nitrogen and oxygen atoms in total. The Morgan fingerprint density at radius 2 is 1.93 bits per heavy atom. The summed E-state index contributed by atoms with van der Waals surface area (Å²) >= 11 is 0.471. The molecule has 144 valence electrons. The molecule has 0 spiro atoms. The number of carbonyl (C=O) groups is 1. The molecule has 3 rings (SSSR count). The van der Waals surface area contributed by atoms with E-state index in [1.807, 2.05) is 36.2 Å². The van der Waals surface area contributed by atoms with Crippen molar-refractivity contribution in [3.8, 4) is 11.5 Å². The van der Waals surface area contributed by atoms with Crippen molar-refractivity contribution in [3.63, 3.8) is 0 Å². The number of thioether (sulfide) groups is 1. The van der Waals surface area contributed by atoms with E-state index in [0.717, 1.165) is 5.75 Å². The van der Waals surface area contributed by atoms with Crippen LogP contribution < -0.4 is 14.8 Å². The number of likely N-dealkylation sites (N-methyl/N-ethyl adjacent to an activating group) is 1. The van der Waals surface area contributed by atoms with E-state index >= 15 is 0 Å². The van der Waals surface area contributed by atoms with Gasteiger partial charge in [0, 0.05) is 17.1 Å². The van der Waals surface area contributed by atoms with E-state index in [1.165, 1.54) is 0 Å².